The van der Waals surface area contributed by atoms with Gasteiger partial charge in [0.1, 0.15) is 5.82 Å². The molecular formula is C16H17ClFNS. The fourth-order valence-corrected chi connectivity index (χ4v) is 3.29. The minimum absolute atomic E-state index is 0.125. The van der Waals surface area contributed by atoms with Crippen LogP contribution in [0.2, 0.25) is 5.02 Å². The van der Waals surface area contributed by atoms with Crippen LogP contribution in [0.5, 0.6) is 0 Å². The number of benzene rings is 2. The van der Waals surface area contributed by atoms with Crippen molar-refractivity contribution in [2.24, 2.45) is 0 Å². The molecule has 106 valence electrons. The molecule has 0 saturated carbocycles. The van der Waals surface area contributed by atoms with Crippen molar-refractivity contribution in [1.29, 1.82) is 0 Å². The molecule has 0 radical (unpaired) electrons. The molecule has 4 heteroatoms. The van der Waals surface area contributed by atoms with E-state index in [9.17, 15) is 4.39 Å². The van der Waals surface area contributed by atoms with Gasteiger partial charge >= 0.3 is 0 Å². The third-order valence-corrected chi connectivity index (χ3v) is 4.24. The van der Waals surface area contributed by atoms with E-state index in [1.807, 2.05) is 30.3 Å². The highest BCUT2D eigenvalue weighted by atomic mass is 35.5. The highest BCUT2D eigenvalue weighted by Gasteiger charge is 2.11. The van der Waals surface area contributed by atoms with Gasteiger partial charge in [0.25, 0.3) is 0 Å². The van der Waals surface area contributed by atoms with Crippen molar-refractivity contribution in [2.75, 3.05) is 12.3 Å². The number of hydrogen-bond acceptors (Lipinski definition) is 2. The van der Waals surface area contributed by atoms with E-state index in [1.165, 1.54) is 6.07 Å². The SMILES string of the molecule is CCNC(CSc1cccc(Cl)c1)c1cccc(F)c1. The summed E-state index contributed by atoms with van der Waals surface area (Å²) in [7, 11) is 0. The Bertz CT molecular complexity index is 562. The maximum Gasteiger partial charge on any atom is 0.123 e. The van der Waals surface area contributed by atoms with E-state index in [-0.39, 0.29) is 11.9 Å². The normalized spacial score (nSPS) is 12.3. The van der Waals surface area contributed by atoms with Gasteiger partial charge in [0.05, 0.1) is 0 Å². The van der Waals surface area contributed by atoms with Crippen molar-refractivity contribution in [1.82, 2.24) is 5.32 Å². The Balaban J connectivity index is 2.06. The molecule has 0 aliphatic heterocycles. The Hall–Kier alpha value is -1.03. The summed E-state index contributed by atoms with van der Waals surface area (Å²) in [6.45, 7) is 2.90. The Morgan fingerprint density at radius 2 is 2.00 bits per heavy atom. The molecule has 1 nitrogen and oxygen atoms in total. The van der Waals surface area contributed by atoms with Crippen LogP contribution in [-0.4, -0.2) is 12.3 Å². The molecule has 20 heavy (non-hydrogen) atoms. The van der Waals surface area contributed by atoms with Crippen molar-refractivity contribution < 1.29 is 4.39 Å². The summed E-state index contributed by atoms with van der Waals surface area (Å²) >= 11 is 7.69. The zero-order valence-corrected chi connectivity index (χ0v) is 12.8. The minimum Gasteiger partial charge on any atom is -0.309 e. The molecule has 1 N–H and O–H groups in total. The molecule has 0 aromatic heterocycles. The number of hydrogen-bond donors (Lipinski definition) is 1. The van der Waals surface area contributed by atoms with Gasteiger partial charge in [-0.3, -0.25) is 0 Å². The van der Waals surface area contributed by atoms with Gasteiger partial charge in [-0.25, -0.2) is 4.39 Å². The molecule has 0 aliphatic carbocycles. The van der Waals surface area contributed by atoms with Gasteiger partial charge in [-0.05, 0) is 42.4 Å². The van der Waals surface area contributed by atoms with Crippen LogP contribution in [0.1, 0.15) is 18.5 Å². The molecule has 2 rings (SSSR count). The summed E-state index contributed by atoms with van der Waals surface area (Å²) in [5.74, 6) is 0.635. The van der Waals surface area contributed by atoms with Crippen molar-refractivity contribution in [3.8, 4) is 0 Å². The van der Waals surface area contributed by atoms with Crippen LogP contribution >= 0.6 is 23.4 Å². The van der Waals surface area contributed by atoms with E-state index in [2.05, 4.69) is 12.2 Å². The smallest absolute Gasteiger partial charge is 0.123 e. The number of rotatable bonds is 6. The summed E-state index contributed by atoms with van der Waals surface area (Å²) in [5, 5.41) is 4.13. The predicted molar refractivity (Wildman–Crippen MR) is 85.0 cm³/mol. The van der Waals surface area contributed by atoms with Crippen LogP contribution in [-0.2, 0) is 0 Å². The van der Waals surface area contributed by atoms with Gasteiger partial charge in [0, 0.05) is 21.7 Å². The number of halogens is 2. The lowest BCUT2D eigenvalue weighted by Crippen LogP contribution is -2.23. The molecule has 0 fully saturated rings. The molecular weight excluding hydrogens is 293 g/mol. The zero-order chi connectivity index (χ0) is 14.4. The van der Waals surface area contributed by atoms with Crippen molar-refractivity contribution >= 4 is 23.4 Å². The molecule has 0 spiro atoms. The minimum atomic E-state index is -0.196. The van der Waals surface area contributed by atoms with Gasteiger partial charge in [0.2, 0.25) is 0 Å². The van der Waals surface area contributed by atoms with Crippen LogP contribution in [0.15, 0.2) is 53.4 Å². The van der Waals surface area contributed by atoms with Crippen LogP contribution in [0.4, 0.5) is 4.39 Å². The third-order valence-electron chi connectivity index (χ3n) is 2.91. The Kier molecular flexibility index (Phi) is 5.89. The largest absolute Gasteiger partial charge is 0.309 e. The average Bonchev–Trinajstić information content (AvgIpc) is 2.43. The first-order chi connectivity index (χ1) is 9.69. The van der Waals surface area contributed by atoms with Crippen molar-refractivity contribution in [2.45, 2.75) is 17.9 Å². The van der Waals surface area contributed by atoms with Gasteiger partial charge in [0.15, 0.2) is 0 Å². The fraction of sp³-hybridized carbons (Fsp3) is 0.250. The van der Waals surface area contributed by atoms with Crippen molar-refractivity contribution in [3.63, 3.8) is 0 Å². The first-order valence-corrected chi connectivity index (χ1v) is 7.92. The zero-order valence-electron chi connectivity index (χ0n) is 11.3. The second-order valence-corrected chi connectivity index (χ2v) is 5.96. The molecule has 1 atom stereocenters. The fourth-order valence-electron chi connectivity index (χ4n) is 1.98. The van der Waals surface area contributed by atoms with E-state index < -0.39 is 0 Å². The molecule has 0 amide bonds. The lowest BCUT2D eigenvalue weighted by molar-refractivity contribution is 0.588. The van der Waals surface area contributed by atoms with E-state index in [4.69, 9.17) is 11.6 Å². The number of nitrogens with one attached hydrogen (secondary N) is 1. The first kappa shape index (κ1) is 15.4. The third kappa shape index (κ3) is 4.51. The molecule has 0 saturated heterocycles. The number of thioether (sulfide) groups is 1. The molecule has 0 heterocycles. The summed E-state index contributed by atoms with van der Waals surface area (Å²) in [4.78, 5) is 1.12. The maximum atomic E-state index is 13.3. The lowest BCUT2D eigenvalue weighted by atomic mass is 10.1. The second kappa shape index (κ2) is 7.67. The van der Waals surface area contributed by atoms with Gasteiger partial charge in [-0.15, -0.1) is 11.8 Å². The average molecular weight is 310 g/mol. The van der Waals surface area contributed by atoms with E-state index in [1.54, 1.807) is 23.9 Å². The summed E-state index contributed by atoms with van der Waals surface area (Å²) in [5.41, 5.74) is 0.973. The van der Waals surface area contributed by atoms with Gasteiger partial charge in [-0.2, -0.15) is 0 Å². The maximum absolute atomic E-state index is 13.3. The van der Waals surface area contributed by atoms with E-state index >= 15 is 0 Å². The van der Waals surface area contributed by atoms with Crippen molar-refractivity contribution in [3.05, 3.63) is 64.9 Å². The summed E-state index contributed by atoms with van der Waals surface area (Å²) in [6.07, 6.45) is 0. The molecule has 0 aliphatic rings. The molecule has 1 unspecified atom stereocenters. The standard InChI is InChI=1S/C16H17ClFNS/c1-2-19-16(12-5-3-7-14(18)9-12)11-20-15-8-4-6-13(17)10-15/h3-10,16,19H,2,11H2,1H3. The topological polar surface area (TPSA) is 12.0 Å². The highest BCUT2D eigenvalue weighted by Crippen LogP contribution is 2.26. The Morgan fingerprint density at radius 3 is 2.70 bits per heavy atom. The monoisotopic (exact) mass is 309 g/mol. The van der Waals surface area contributed by atoms with Crippen LogP contribution < -0.4 is 5.32 Å². The summed E-state index contributed by atoms with van der Waals surface area (Å²) < 4.78 is 13.3. The Morgan fingerprint density at radius 1 is 1.20 bits per heavy atom. The first-order valence-electron chi connectivity index (χ1n) is 6.56. The van der Waals surface area contributed by atoms with Crippen LogP contribution in [0.25, 0.3) is 0 Å². The van der Waals surface area contributed by atoms with Gasteiger partial charge < -0.3 is 5.32 Å². The highest BCUT2D eigenvalue weighted by molar-refractivity contribution is 7.99. The Labute approximate surface area is 128 Å². The van der Waals surface area contributed by atoms with E-state index in [0.29, 0.717) is 0 Å². The lowest BCUT2D eigenvalue weighted by Gasteiger charge is -2.18. The molecule has 0 bridgehead atoms. The summed E-state index contributed by atoms with van der Waals surface area (Å²) in [6, 6.07) is 14.7. The van der Waals surface area contributed by atoms with Crippen LogP contribution in [0.3, 0.4) is 0 Å². The van der Waals surface area contributed by atoms with E-state index in [0.717, 1.165) is 27.8 Å². The van der Waals surface area contributed by atoms with Crippen LogP contribution in [0, 0.1) is 5.82 Å². The molecule has 2 aromatic rings. The quantitative estimate of drug-likeness (QED) is 0.760. The predicted octanol–water partition coefficient (Wildman–Crippen LogP) is 4.92. The second-order valence-electron chi connectivity index (χ2n) is 4.43. The molecule has 2 aromatic carbocycles. The van der Waals surface area contributed by atoms with Gasteiger partial charge in [-0.1, -0.05) is 36.7 Å².